The van der Waals surface area contributed by atoms with E-state index in [1.165, 1.54) is 17.5 Å². The molecule has 2 aliphatic rings. The van der Waals surface area contributed by atoms with E-state index >= 15 is 0 Å². The topological polar surface area (TPSA) is 46.2 Å². The fourth-order valence-corrected chi connectivity index (χ4v) is 4.48. The van der Waals surface area contributed by atoms with Crippen LogP contribution in [0.2, 0.25) is 0 Å². The minimum atomic E-state index is -0.588. The van der Waals surface area contributed by atoms with Gasteiger partial charge >= 0.3 is 0 Å². The van der Waals surface area contributed by atoms with Crippen molar-refractivity contribution in [1.82, 2.24) is 0 Å². The van der Waals surface area contributed by atoms with Gasteiger partial charge in [0.25, 0.3) is 0 Å². The third kappa shape index (κ3) is 1.77. The van der Waals surface area contributed by atoms with Crippen LogP contribution >= 0.6 is 0 Å². The summed E-state index contributed by atoms with van der Waals surface area (Å²) in [6.07, 6.45) is 6.23. The van der Waals surface area contributed by atoms with E-state index in [9.17, 15) is 5.11 Å². The summed E-state index contributed by atoms with van der Waals surface area (Å²) in [4.78, 5) is 0. The normalized spacial score (nSPS) is 37.5. The van der Waals surface area contributed by atoms with E-state index in [0.717, 1.165) is 32.1 Å². The molecular formula is C17H25NO. The number of benzene rings is 1. The SMILES string of the molecule is CCC1CCC(O)(C2(CN)CCc3ccccc32)C1. The molecule has 1 aromatic rings. The second-order valence-corrected chi connectivity index (χ2v) is 6.49. The maximum Gasteiger partial charge on any atom is 0.0759 e. The van der Waals surface area contributed by atoms with E-state index in [4.69, 9.17) is 5.73 Å². The molecule has 2 aliphatic carbocycles. The first-order valence-electron chi connectivity index (χ1n) is 7.66. The molecule has 1 aromatic carbocycles. The summed E-state index contributed by atoms with van der Waals surface area (Å²) in [6, 6.07) is 8.57. The Labute approximate surface area is 116 Å². The number of hydrogen-bond donors (Lipinski definition) is 2. The van der Waals surface area contributed by atoms with E-state index in [1.54, 1.807) is 0 Å². The number of nitrogens with two attached hydrogens (primary N) is 1. The van der Waals surface area contributed by atoms with Gasteiger partial charge in [0.05, 0.1) is 5.60 Å². The zero-order valence-electron chi connectivity index (χ0n) is 11.9. The lowest BCUT2D eigenvalue weighted by Gasteiger charge is -2.43. The van der Waals surface area contributed by atoms with Gasteiger partial charge in [-0.15, -0.1) is 0 Å². The predicted molar refractivity (Wildman–Crippen MR) is 78.1 cm³/mol. The Hall–Kier alpha value is -0.860. The average Bonchev–Trinajstić information content (AvgIpc) is 3.01. The van der Waals surface area contributed by atoms with Crippen LogP contribution in [0.15, 0.2) is 24.3 Å². The molecule has 0 radical (unpaired) electrons. The molecular weight excluding hydrogens is 234 g/mol. The van der Waals surface area contributed by atoms with Gasteiger partial charge < -0.3 is 10.8 Å². The number of aliphatic hydroxyl groups is 1. The molecule has 0 aromatic heterocycles. The van der Waals surface area contributed by atoms with Crippen LogP contribution in [0.1, 0.15) is 50.2 Å². The summed E-state index contributed by atoms with van der Waals surface area (Å²) in [6.45, 7) is 2.80. The predicted octanol–water partition coefficient (Wildman–Crippen LogP) is 2.77. The molecule has 3 rings (SSSR count). The van der Waals surface area contributed by atoms with E-state index in [1.807, 2.05) is 0 Å². The second-order valence-electron chi connectivity index (χ2n) is 6.49. The molecule has 0 aliphatic heterocycles. The number of rotatable bonds is 3. The molecule has 0 bridgehead atoms. The Balaban J connectivity index is 2.02. The maximum atomic E-state index is 11.3. The van der Waals surface area contributed by atoms with Gasteiger partial charge in [0, 0.05) is 12.0 Å². The van der Waals surface area contributed by atoms with Crippen molar-refractivity contribution in [2.24, 2.45) is 11.7 Å². The molecule has 2 nitrogen and oxygen atoms in total. The fourth-order valence-electron chi connectivity index (χ4n) is 4.48. The van der Waals surface area contributed by atoms with Gasteiger partial charge in [-0.25, -0.2) is 0 Å². The van der Waals surface area contributed by atoms with Crippen LogP contribution < -0.4 is 5.73 Å². The van der Waals surface area contributed by atoms with Gasteiger partial charge in [-0.3, -0.25) is 0 Å². The van der Waals surface area contributed by atoms with Gasteiger partial charge in [0.15, 0.2) is 0 Å². The van der Waals surface area contributed by atoms with Gasteiger partial charge in [0.2, 0.25) is 0 Å². The van der Waals surface area contributed by atoms with Crippen LogP contribution in [0.3, 0.4) is 0 Å². The summed E-state index contributed by atoms with van der Waals surface area (Å²) in [5, 5.41) is 11.3. The maximum absolute atomic E-state index is 11.3. The summed E-state index contributed by atoms with van der Waals surface area (Å²) in [5.74, 6) is 0.668. The summed E-state index contributed by atoms with van der Waals surface area (Å²) < 4.78 is 0. The lowest BCUT2D eigenvalue weighted by atomic mass is 9.66. The summed E-state index contributed by atoms with van der Waals surface area (Å²) >= 11 is 0. The Bertz CT molecular complexity index is 472. The largest absolute Gasteiger partial charge is 0.389 e. The van der Waals surface area contributed by atoms with Crippen molar-refractivity contribution in [3.05, 3.63) is 35.4 Å². The van der Waals surface area contributed by atoms with E-state index in [2.05, 4.69) is 31.2 Å². The number of aryl methyl sites for hydroxylation is 1. The first-order chi connectivity index (χ1) is 9.15. The van der Waals surface area contributed by atoms with Crippen molar-refractivity contribution in [3.63, 3.8) is 0 Å². The smallest absolute Gasteiger partial charge is 0.0759 e. The van der Waals surface area contributed by atoms with Crippen molar-refractivity contribution in [2.45, 2.75) is 56.5 Å². The molecule has 104 valence electrons. The van der Waals surface area contributed by atoms with Crippen molar-refractivity contribution >= 4 is 0 Å². The highest BCUT2D eigenvalue weighted by Crippen LogP contribution is 2.53. The Morgan fingerprint density at radius 1 is 1.32 bits per heavy atom. The van der Waals surface area contributed by atoms with Crippen molar-refractivity contribution in [3.8, 4) is 0 Å². The quantitative estimate of drug-likeness (QED) is 0.877. The molecule has 0 heterocycles. The first kappa shape index (κ1) is 13.1. The molecule has 3 N–H and O–H groups in total. The zero-order chi connectivity index (χ0) is 13.5. The molecule has 0 saturated heterocycles. The van der Waals surface area contributed by atoms with Crippen molar-refractivity contribution < 1.29 is 5.11 Å². The minimum Gasteiger partial charge on any atom is -0.389 e. The standard InChI is InChI=1S/C17H25NO/c1-2-13-7-10-17(19,11-13)16(12-18)9-8-14-5-3-4-6-15(14)16/h3-6,13,19H,2,7-12,18H2,1H3. The Morgan fingerprint density at radius 3 is 2.79 bits per heavy atom. The summed E-state index contributed by atoms with van der Waals surface area (Å²) in [5.41, 5.74) is 8.09. The van der Waals surface area contributed by atoms with Crippen LogP contribution in [-0.4, -0.2) is 17.3 Å². The number of hydrogen-bond acceptors (Lipinski definition) is 2. The molecule has 2 heteroatoms. The Morgan fingerprint density at radius 2 is 2.11 bits per heavy atom. The highest BCUT2D eigenvalue weighted by molar-refractivity contribution is 5.43. The monoisotopic (exact) mass is 259 g/mol. The lowest BCUT2D eigenvalue weighted by Crippen LogP contribution is -2.53. The van der Waals surface area contributed by atoms with Crippen LogP contribution in [-0.2, 0) is 11.8 Å². The fraction of sp³-hybridized carbons (Fsp3) is 0.647. The number of fused-ring (bicyclic) bond motifs is 1. The molecule has 1 saturated carbocycles. The van der Waals surface area contributed by atoms with Crippen molar-refractivity contribution in [1.29, 1.82) is 0 Å². The van der Waals surface area contributed by atoms with Gasteiger partial charge in [-0.05, 0) is 49.1 Å². The van der Waals surface area contributed by atoms with Crippen molar-refractivity contribution in [2.75, 3.05) is 6.54 Å². The van der Waals surface area contributed by atoms with E-state index < -0.39 is 5.60 Å². The van der Waals surface area contributed by atoms with E-state index in [0.29, 0.717) is 12.5 Å². The van der Waals surface area contributed by atoms with Crippen LogP contribution in [0, 0.1) is 5.92 Å². The van der Waals surface area contributed by atoms with Gasteiger partial charge in [-0.1, -0.05) is 37.6 Å². The molecule has 3 unspecified atom stereocenters. The van der Waals surface area contributed by atoms with Crippen LogP contribution in [0.4, 0.5) is 0 Å². The second kappa shape index (κ2) is 4.60. The van der Waals surface area contributed by atoms with E-state index in [-0.39, 0.29) is 5.41 Å². The van der Waals surface area contributed by atoms with Crippen LogP contribution in [0.5, 0.6) is 0 Å². The molecule has 0 amide bonds. The van der Waals surface area contributed by atoms with Crippen LogP contribution in [0.25, 0.3) is 0 Å². The van der Waals surface area contributed by atoms with Gasteiger partial charge in [0.1, 0.15) is 0 Å². The third-order valence-corrected chi connectivity index (χ3v) is 5.76. The average molecular weight is 259 g/mol. The highest BCUT2D eigenvalue weighted by Gasteiger charge is 2.55. The lowest BCUT2D eigenvalue weighted by molar-refractivity contribution is -0.0345. The minimum absolute atomic E-state index is 0.201. The highest BCUT2D eigenvalue weighted by atomic mass is 16.3. The summed E-state index contributed by atoms with van der Waals surface area (Å²) in [7, 11) is 0. The Kier molecular flexibility index (Phi) is 3.18. The zero-order valence-corrected chi connectivity index (χ0v) is 11.9. The molecule has 3 atom stereocenters. The first-order valence-corrected chi connectivity index (χ1v) is 7.66. The van der Waals surface area contributed by atoms with Gasteiger partial charge in [-0.2, -0.15) is 0 Å². The third-order valence-electron chi connectivity index (χ3n) is 5.76. The molecule has 0 spiro atoms. The molecule has 19 heavy (non-hydrogen) atoms. The molecule has 1 fully saturated rings.